The van der Waals surface area contributed by atoms with Crippen molar-refractivity contribution in [1.82, 2.24) is 4.98 Å². The Kier molecular flexibility index (Phi) is 3.24. The first-order valence-corrected chi connectivity index (χ1v) is 8.14. The molecule has 0 saturated carbocycles. The normalized spacial score (nSPS) is 11.0. The summed E-state index contributed by atoms with van der Waals surface area (Å²) in [7, 11) is 0. The zero-order chi connectivity index (χ0) is 14.9. The van der Waals surface area contributed by atoms with Crippen LogP contribution < -0.4 is 0 Å². The molecule has 0 aliphatic carbocycles. The highest BCUT2D eigenvalue weighted by atomic mass is 32.1. The summed E-state index contributed by atoms with van der Waals surface area (Å²) in [6.07, 6.45) is 0. The molecule has 1 heterocycles. The summed E-state index contributed by atoms with van der Waals surface area (Å²) >= 11 is 1.74. The molecule has 1 nitrogen and oxygen atoms in total. The van der Waals surface area contributed by atoms with E-state index in [1.807, 2.05) is 6.07 Å². The molecule has 0 unspecified atom stereocenters. The molecule has 0 bridgehead atoms. The third-order valence-corrected chi connectivity index (χ3v) is 4.90. The van der Waals surface area contributed by atoms with Crippen LogP contribution in [0.5, 0.6) is 0 Å². The number of rotatable bonds is 2. The van der Waals surface area contributed by atoms with Gasteiger partial charge in [0.1, 0.15) is 5.01 Å². The second kappa shape index (κ2) is 5.39. The second-order valence-corrected chi connectivity index (χ2v) is 6.46. The van der Waals surface area contributed by atoms with Gasteiger partial charge in [-0.05, 0) is 30.2 Å². The number of hydrogen-bond acceptors (Lipinski definition) is 2. The fraction of sp³-hybridized carbons (Fsp3) is 0.0500. The first-order chi connectivity index (χ1) is 10.8. The van der Waals surface area contributed by atoms with E-state index in [0.29, 0.717) is 0 Å². The Morgan fingerprint density at radius 2 is 1.27 bits per heavy atom. The van der Waals surface area contributed by atoms with Gasteiger partial charge in [0.25, 0.3) is 0 Å². The number of benzene rings is 3. The highest BCUT2D eigenvalue weighted by Gasteiger charge is 2.06. The van der Waals surface area contributed by atoms with E-state index in [0.717, 1.165) is 10.5 Å². The summed E-state index contributed by atoms with van der Waals surface area (Å²) in [4.78, 5) is 4.72. The highest BCUT2D eigenvalue weighted by molar-refractivity contribution is 7.21. The Morgan fingerprint density at radius 1 is 0.682 bits per heavy atom. The lowest BCUT2D eigenvalue weighted by Crippen LogP contribution is -1.80. The van der Waals surface area contributed by atoms with Crippen molar-refractivity contribution in [1.29, 1.82) is 0 Å². The van der Waals surface area contributed by atoms with Crippen LogP contribution in [0.2, 0.25) is 0 Å². The second-order valence-electron chi connectivity index (χ2n) is 5.43. The molecule has 0 aliphatic heterocycles. The standard InChI is InChI=1S/C20H15NS/c1-14-6-8-15(9-7-14)16-10-12-17(13-11-16)20-21-18-4-2-3-5-19(18)22-20/h2-13H,1H3. The van der Waals surface area contributed by atoms with Crippen molar-refractivity contribution >= 4 is 21.6 Å². The number of aryl methyl sites for hydroxylation is 1. The van der Waals surface area contributed by atoms with Gasteiger partial charge in [-0.15, -0.1) is 11.3 Å². The maximum Gasteiger partial charge on any atom is 0.124 e. The molecule has 2 heteroatoms. The molecule has 0 atom stereocenters. The van der Waals surface area contributed by atoms with Crippen molar-refractivity contribution in [3.05, 3.63) is 78.4 Å². The van der Waals surface area contributed by atoms with Gasteiger partial charge in [-0.25, -0.2) is 4.98 Å². The summed E-state index contributed by atoms with van der Waals surface area (Å²) in [6.45, 7) is 2.11. The minimum atomic E-state index is 1.07. The van der Waals surface area contributed by atoms with Crippen LogP contribution in [0.15, 0.2) is 72.8 Å². The Labute approximate surface area is 133 Å². The highest BCUT2D eigenvalue weighted by Crippen LogP contribution is 2.31. The molecular formula is C20H15NS. The first kappa shape index (κ1) is 13.2. The van der Waals surface area contributed by atoms with Gasteiger partial charge in [-0.3, -0.25) is 0 Å². The molecule has 1 aromatic heterocycles. The number of para-hydroxylation sites is 1. The van der Waals surface area contributed by atoms with E-state index in [1.165, 1.54) is 27.0 Å². The maximum absolute atomic E-state index is 4.72. The molecule has 0 N–H and O–H groups in total. The third-order valence-electron chi connectivity index (χ3n) is 3.81. The van der Waals surface area contributed by atoms with E-state index in [1.54, 1.807) is 11.3 Å². The van der Waals surface area contributed by atoms with Gasteiger partial charge in [0.05, 0.1) is 10.2 Å². The molecule has 0 amide bonds. The van der Waals surface area contributed by atoms with Crippen LogP contribution in [-0.4, -0.2) is 4.98 Å². The summed E-state index contributed by atoms with van der Waals surface area (Å²) in [6, 6.07) is 25.6. The third kappa shape index (κ3) is 2.42. The molecule has 0 radical (unpaired) electrons. The number of nitrogens with zero attached hydrogens (tertiary/aromatic N) is 1. The fourth-order valence-electron chi connectivity index (χ4n) is 2.55. The van der Waals surface area contributed by atoms with Crippen LogP contribution in [0.25, 0.3) is 31.9 Å². The molecule has 106 valence electrons. The van der Waals surface area contributed by atoms with Crippen molar-refractivity contribution in [3.8, 4) is 21.7 Å². The van der Waals surface area contributed by atoms with Crippen molar-refractivity contribution in [2.45, 2.75) is 6.92 Å². The van der Waals surface area contributed by atoms with Crippen molar-refractivity contribution in [2.75, 3.05) is 0 Å². The van der Waals surface area contributed by atoms with Gasteiger partial charge in [-0.2, -0.15) is 0 Å². The Hall–Kier alpha value is -2.45. The zero-order valence-corrected chi connectivity index (χ0v) is 13.1. The molecular weight excluding hydrogens is 286 g/mol. The Bertz CT molecular complexity index is 885. The Balaban J connectivity index is 1.70. The molecule has 0 saturated heterocycles. The van der Waals surface area contributed by atoms with Gasteiger partial charge in [0, 0.05) is 5.56 Å². The average Bonchev–Trinajstić information content (AvgIpc) is 3.00. The van der Waals surface area contributed by atoms with Gasteiger partial charge < -0.3 is 0 Å². The van der Waals surface area contributed by atoms with E-state index in [-0.39, 0.29) is 0 Å². The van der Waals surface area contributed by atoms with Gasteiger partial charge in [-0.1, -0.05) is 66.2 Å². The predicted octanol–water partition coefficient (Wildman–Crippen LogP) is 5.94. The van der Waals surface area contributed by atoms with E-state index in [2.05, 4.69) is 73.7 Å². The van der Waals surface area contributed by atoms with Gasteiger partial charge in [0.15, 0.2) is 0 Å². The Morgan fingerprint density at radius 3 is 1.95 bits per heavy atom. The van der Waals surface area contributed by atoms with Crippen LogP contribution in [0.1, 0.15) is 5.56 Å². The molecule has 4 aromatic rings. The minimum absolute atomic E-state index is 1.07. The summed E-state index contributed by atoms with van der Waals surface area (Å²) in [5.41, 5.74) is 6.03. The fourth-order valence-corrected chi connectivity index (χ4v) is 3.52. The zero-order valence-electron chi connectivity index (χ0n) is 12.3. The number of thiazole rings is 1. The lowest BCUT2D eigenvalue weighted by molar-refractivity contribution is 1.46. The smallest absolute Gasteiger partial charge is 0.124 e. The van der Waals surface area contributed by atoms with E-state index < -0.39 is 0 Å². The molecule has 0 fully saturated rings. The first-order valence-electron chi connectivity index (χ1n) is 7.33. The topological polar surface area (TPSA) is 12.9 Å². The van der Waals surface area contributed by atoms with Gasteiger partial charge in [0.2, 0.25) is 0 Å². The molecule has 3 aromatic carbocycles. The van der Waals surface area contributed by atoms with E-state index >= 15 is 0 Å². The number of aromatic nitrogens is 1. The SMILES string of the molecule is Cc1ccc(-c2ccc(-c3nc4ccccc4s3)cc2)cc1. The van der Waals surface area contributed by atoms with Gasteiger partial charge >= 0.3 is 0 Å². The largest absolute Gasteiger partial charge is 0.236 e. The number of hydrogen-bond donors (Lipinski definition) is 0. The molecule has 22 heavy (non-hydrogen) atoms. The van der Waals surface area contributed by atoms with Crippen LogP contribution in [0.4, 0.5) is 0 Å². The quantitative estimate of drug-likeness (QED) is 0.446. The summed E-state index contributed by atoms with van der Waals surface area (Å²) in [5, 5.41) is 1.08. The average molecular weight is 301 g/mol. The maximum atomic E-state index is 4.72. The van der Waals surface area contributed by atoms with Crippen LogP contribution in [-0.2, 0) is 0 Å². The van der Waals surface area contributed by atoms with Crippen molar-refractivity contribution in [3.63, 3.8) is 0 Å². The lowest BCUT2D eigenvalue weighted by atomic mass is 10.0. The summed E-state index contributed by atoms with van der Waals surface area (Å²) < 4.78 is 1.24. The van der Waals surface area contributed by atoms with Crippen LogP contribution in [0.3, 0.4) is 0 Å². The number of fused-ring (bicyclic) bond motifs is 1. The minimum Gasteiger partial charge on any atom is -0.236 e. The monoisotopic (exact) mass is 301 g/mol. The van der Waals surface area contributed by atoms with Crippen LogP contribution >= 0.6 is 11.3 Å². The predicted molar refractivity (Wildman–Crippen MR) is 95.2 cm³/mol. The van der Waals surface area contributed by atoms with Crippen molar-refractivity contribution in [2.24, 2.45) is 0 Å². The van der Waals surface area contributed by atoms with E-state index in [4.69, 9.17) is 4.98 Å². The van der Waals surface area contributed by atoms with Crippen molar-refractivity contribution < 1.29 is 0 Å². The van der Waals surface area contributed by atoms with E-state index in [9.17, 15) is 0 Å². The summed E-state index contributed by atoms with van der Waals surface area (Å²) in [5.74, 6) is 0. The van der Waals surface area contributed by atoms with Crippen LogP contribution in [0, 0.1) is 6.92 Å². The molecule has 0 spiro atoms. The molecule has 0 aliphatic rings. The molecule has 4 rings (SSSR count). The lowest BCUT2D eigenvalue weighted by Gasteiger charge is -2.03.